The number of nitrogens with zero attached hydrogens (tertiary/aromatic N) is 9. The fourth-order valence-corrected chi connectivity index (χ4v) is 15.2. The van der Waals surface area contributed by atoms with Gasteiger partial charge in [-0.15, -0.1) is 0 Å². The standard InChI is InChI=1S/C11H23NO.C10H21N.5C9H19NO.2C8H17NO/c1-9(2)12-7-10(3,4)13-11(5,6)8-12;1-8(2)11-9(3)6-5-7-10(11)4;3*1-7(2)10-5-8(3)11-9(4)6-10;1-8(2)10-5-6-11-9(3,4)7-10;1-4-9-7-10(8(2)3)5-6-11-9;2*1-7(2)9-4-5-10-8(3)6-9/h9H,7-8H2,1-6H3;8-10H,5-7H2,1-4H3;3*7-9H,5-6H2,1-4H3;8H,5-7H2,1-4H3;8-9H,4-7H2,1-3H3;2*7-8H,4-6H2,1-3H3/t;9-,10+;8-,9+;2*8-,9-;;9-;2*8-/m...10.011/s1. The van der Waals surface area contributed by atoms with E-state index in [1.165, 1.54) is 19.3 Å². The minimum atomic E-state index is -0.00792. The topological polar surface area (TPSA) is 103 Å². The lowest BCUT2D eigenvalue weighted by atomic mass is 9.96. The van der Waals surface area contributed by atoms with Crippen molar-refractivity contribution in [2.24, 2.45) is 0 Å². The summed E-state index contributed by atoms with van der Waals surface area (Å²) in [6.07, 6.45) is 9.10. The molecule has 11 atom stereocenters. The summed E-state index contributed by atoms with van der Waals surface area (Å²) in [5.74, 6) is 0. The summed E-state index contributed by atoms with van der Waals surface area (Å²) in [5, 5.41) is 0. The maximum atomic E-state index is 6.00. The molecule has 0 aromatic carbocycles. The van der Waals surface area contributed by atoms with Gasteiger partial charge in [0.05, 0.1) is 98.2 Å². The van der Waals surface area contributed by atoms with Crippen molar-refractivity contribution in [3.05, 3.63) is 0 Å². The van der Waals surface area contributed by atoms with Crippen LogP contribution in [0.4, 0.5) is 0 Å². The summed E-state index contributed by atoms with van der Waals surface area (Å²) in [4.78, 5) is 22.4. The SMILES string of the molecule is CC(C)N1CC(C)(C)OC(C)(C)C1.CC(C)N1CCOC(C)(C)C1.CC(C)N1CCO[C@H](C)C1.CC(C)N1CCO[C@H](C)C1.CC(C)N1C[C@@H](C)O[C@@H](C)C1.CC(C)N1C[C@@H](C)O[C@H](C)C1.CC(C)N1C[C@H](C)O[C@@H](C)C1.CC(C)N1[C@H](C)CCC[C@@H]1C.CC[C@H]1CN(C(C)C)CCO1. The van der Waals surface area contributed by atoms with E-state index in [4.69, 9.17) is 37.9 Å². The third-order valence-electron chi connectivity index (χ3n) is 20.4. The van der Waals surface area contributed by atoms with Gasteiger partial charge in [0.25, 0.3) is 0 Å². The van der Waals surface area contributed by atoms with Gasteiger partial charge in [0.1, 0.15) is 0 Å². The van der Waals surface area contributed by atoms with Gasteiger partial charge in [-0.3, -0.25) is 44.1 Å². The van der Waals surface area contributed by atoms with Crippen molar-refractivity contribution in [1.82, 2.24) is 44.1 Å². The Bertz CT molecular complexity index is 1830. The van der Waals surface area contributed by atoms with Crippen LogP contribution >= 0.6 is 0 Å². The van der Waals surface area contributed by atoms with Crippen LogP contribution in [0.2, 0.25) is 0 Å². The highest BCUT2D eigenvalue weighted by atomic mass is 16.5. The molecule has 0 amide bonds. The molecule has 0 unspecified atom stereocenters. The van der Waals surface area contributed by atoms with Gasteiger partial charge in [-0.1, -0.05) is 13.3 Å². The lowest BCUT2D eigenvalue weighted by molar-refractivity contribution is -0.185. The average molecular weight is 1410 g/mol. The van der Waals surface area contributed by atoms with Gasteiger partial charge < -0.3 is 37.9 Å². The molecular formula is C82H173N9O8. The van der Waals surface area contributed by atoms with Gasteiger partial charge in [-0.25, -0.2) is 0 Å². The normalized spacial score (nSPS) is 31.0. The van der Waals surface area contributed by atoms with Crippen LogP contribution in [0.3, 0.4) is 0 Å². The Morgan fingerprint density at radius 2 is 0.576 bits per heavy atom. The first-order chi connectivity index (χ1) is 45.8. The number of ether oxygens (including phenoxy) is 8. The van der Waals surface area contributed by atoms with E-state index in [2.05, 4.69) is 286 Å². The highest BCUT2D eigenvalue weighted by Gasteiger charge is 2.39. The zero-order valence-electron chi connectivity index (χ0n) is 72.3. The molecule has 9 heterocycles. The Balaban J connectivity index is 0.000000557. The van der Waals surface area contributed by atoms with Crippen molar-refractivity contribution < 1.29 is 37.9 Å². The average Bonchev–Trinajstić information content (AvgIpc) is 0.809. The van der Waals surface area contributed by atoms with Crippen LogP contribution in [-0.4, -0.2) is 313 Å². The smallest absolute Gasteiger partial charge is 0.0760 e. The van der Waals surface area contributed by atoms with E-state index >= 15 is 0 Å². The number of likely N-dealkylation sites (tertiary alicyclic amines) is 1. The summed E-state index contributed by atoms with van der Waals surface area (Å²) in [7, 11) is 0. The van der Waals surface area contributed by atoms with Gasteiger partial charge >= 0.3 is 0 Å². The van der Waals surface area contributed by atoms with Gasteiger partial charge in [0.2, 0.25) is 0 Å². The van der Waals surface area contributed by atoms with Crippen molar-refractivity contribution in [3.63, 3.8) is 0 Å². The Morgan fingerprint density at radius 3 is 0.818 bits per heavy atom. The molecule has 0 radical (unpaired) electrons. The minimum absolute atomic E-state index is 0.00792. The van der Waals surface area contributed by atoms with Gasteiger partial charge in [0.15, 0.2) is 0 Å². The molecular weight excluding hydrogens is 1240 g/mol. The summed E-state index contributed by atoms with van der Waals surface area (Å²) in [6, 6.07) is 7.58. The van der Waals surface area contributed by atoms with Crippen LogP contribution in [0.15, 0.2) is 0 Å². The zero-order chi connectivity index (χ0) is 75.9. The maximum absolute atomic E-state index is 6.00. The van der Waals surface area contributed by atoms with Crippen LogP contribution in [0, 0.1) is 0 Å². The molecule has 0 aliphatic carbocycles. The molecule has 0 N–H and O–H groups in total. The Hall–Kier alpha value is -0.680. The molecule has 0 aromatic heterocycles. The highest BCUT2D eigenvalue weighted by Crippen LogP contribution is 2.29. The zero-order valence-corrected chi connectivity index (χ0v) is 72.3. The van der Waals surface area contributed by atoms with Crippen molar-refractivity contribution >= 4 is 0 Å². The fraction of sp³-hybridized carbons (Fsp3) is 1.00. The first kappa shape index (κ1) is 96.3. The third kappa shape index (κ3) is 41.9. The van der Waals surface area contributed by atoms with E-state index in [1.807, 2.05) is 0 Å². The van der Waals surface area contributed by atoms with Crippen LogP contribution in [0.25, 0.3) is 0 Å². The molecule has 0 bridgehead atoms. The number of morpholine rings is 8. The second-order valence-electron chi connectivity index (χ2n) is 35.4. The molecule has 0 aromatic rings. The van der Waals surface area contributed by atoms with Gasteiger partial charge in [-0.2, -0.15) is 0 Å². The molecule has 594 valence electrons. The molecule has 9 fully saturated rings. The Labute approximate surface area is 616 Å². The van der Waals surface area contributed by atoms with Crippen molar-refractivity contribution in [1.29, 1.82) is 0 Å². The van der Waals surface area contributed by atoms with Crippen molar-refractivity contribution in [2.75, 3.05) is 131 Å². The molecule has 17 nitrogen and oxygen atoms in total. The Kier molecular flexibility index (Phi) is 47.3. The van der Waals surface area contributed by atoms with Crippen LogP contribution in [-0.2, 0) is 37.9 Å². The molecule has 9 rings (SSSR count). The van der Waals surface area contributed by atoms with E-state index in [1.54, 1.807) is 0 Å². The molecule has 9 aliphatic rings. The molecule has 9 saturated heterocycles. The van der Waals surface area contributed by atoms with Crippen LogP contribution < -0.4 is 0 Å². The third-order valence-corrected chi connectivity index (χ3v) is 20.4. The highest BCUT2D eigenvalue weighted by molar-refractivity contribution is 4.91. The Morgan fingerprint density at radius 1 is 0.303 bits per heavy atom. The van der Waals surface area contributed by atoms with E-state index in [0.29, 0.717) is 103 Å². The largest absolute Gasteiger partial charge is 0.376 e. The molecule has 0 spiro atoms. The molecule has 99 heavy (non-hydrogen) atoms. The van der Waals surface area contributed by atoms with E-state index in [-0.39, 0.29) is 16.8 Å². The van der Waals surface area contributed by atoms with E-state index in [0.717, 1.165) is 156 Å². The number of hydrogen-bond acceptors (Lipinski definition) is 17. The van der Waals surface area contributed by atoms with Crippen LogP contribution in [0.5, 0.6) is 0 Å². The van der Waals surface area contributed by atoms with Gasteiger partial charge in [0, 0.05) is 171 Å². The molecule has 0 saturated carbocycles. The lowest BCUT2D eigenvalue weighted by Crippen LogP contribution is -2.58. The number of piperidine rings is 1. The monoisotopic (exact) mass is 1410 g/mol. The summed E-state index contributed by atoms with van der Waals surface area (Å²) in [5.41, 5.74) is 0.0422. The second kappa shape index (κ2) is 48.6. The quantitative estimate of drug-likeness (QED) is 0.207. The van der Waals surface area contributed by atoms with Crippen molar-refractivity contribution in [3.8, 4) is 0 Å². The fourth-order valence-electron chi connectivity index (χ4n) is 15.2. The van der Waals surface area contributed by atoms with Crippen LogP contribution in [0.1, 0.15) is 268 Å². The van der Waals surface area contributed by atoms with E-state index < -0.39 is 0 Å². The molecule has 9 aliphatic heterocycles. The summed E-state index contributed by atoms with van der Waals surface area (Å²) < 4.78 is 44.9. The summed E-state index contributed by atoms with van der Waals surface area (Å²) >= 11 is 0. The first-order valence-electron chi connectivity index (χ1n) is 40.6. The predicted octanol–water partition coefficient (Wildman–Crippen LogP) is 14.7. The second-order valence-corrected chi connectivity index (χ2v) is 35.4. The maximum Gasteiger partial charge on any atom is 0.0760 e. The van der Waals surface area contributed by atoms with E-state index in [9.17, 15) is 0 Å². The van der Waals surface area contributed by atoms with Crippen molar-refractivity contribution in [2.45, 2.75) is 406 Å². The predicted molar refractivity (Wildman–Crippen MR) is 424 cm³/mol. The minimum Gasteiger partial charge on any atom is -0.376 e. The number of rotatable bonds is 10. The summed E-state index contributed by atoms with van der Waals surface area (Å²) in [6.45, 7) is 98.4. The molecule has 17 heteroatoms. The number of hydrogen-bond donors (Lipinski definition) is 0. The first-order valence-corrected chi connectivity index (χ1v) is 40.6. The lowest BCUT2D eigenvalue weighted by Gasteiger charge is -2.48. The van der Waals surface area contributed by atoms with Gasteiger partial charge in [-0.05, 0) is 255 Å².